The van der Waals surface area contributed by atoms with E-state index in [2.05, 4.69) is 27.8 Å². The Hall–Kier alpha value is -1.62. The first kappa shape index (κ1) is 12.8. The summed E-state index contributed by atoms with van der Waals surface area (Å²) in [5, 5.41) is 0. The lowest BCUT2D eigenvalue weighted by Gasteiger charge is -2.12. The van der Waals surface area contributed by atoms with Gasteiger partial charge >= 0.3 is 0 Å². The van der Waals surface area contributed by atoms with Crippen molar-refractivity contribution in [3.05, 3.63) is 46.5 Å². The maximum absolute atomic E-state index is 11.6. The van der Waals surface area contributed by atoms with Gasteiger partial charge in [0, 0.05) is 23.3 Å². The molecular weight excluding hydrogens is 294 g/mol. The van der Waals surface area contributed by atoms with E-state index in [1.807, 2.05) is 22.9 Å². The Bertz CT molecular complexity index is 577. The fourth-order valence-corrected chi connectivity index (χ4v) is 2.47. The molecule has 0 saturated carbocycles. The third-order valence-electron chi connectivity index (χ3n) is 2.69. The van der Waals surface area contributed by atoms with Crippen molar-refractivity contribution >= 4 is 21.8 Å². The highest BCUT2D eigenvalue weighted by Gasteiger charge is 2.15. The molecule has 2 aromatic rings. The first-order chi connectivity index (χ1) is 8.65. The molecule has 4 nitrogen and oxygen atoms in total. The molecule has 0 aliphatic heterocycles. The molecule has 0 aliphatic rings. The summed E-state index contributed by atoms with van der Waals surface area (Å²) in [5.41, 5.74) is 6.68. The lowest BCUT2D eigenvalue weighted by molar-refractivity contribution is 0.0999. The molecule has 0 unspecified atom stereocenters. The molecule has 1 amide bonds. The number of carbonyl (C=O) groups excluding carboxylic acids is 1. The molecule has 0 fully saturated rings. The number of rotatable bonds is 4. The maximum Gasteiger partial charge on any atom is 0.251 e. The number of hydrogen-bond donors (Lipinski definition) is 1. The SMILES string of the molecule is CCCc1nccn1-c1cccc(Br)c1C(N)=O. The Morgan fingerprint density at radius 1 is 1.50 bits per heavy atom. The summed E-state index contributed by atoms with van der Waals surface area (Å²) in [5.74, 6) is 0.478. The Kier molecular flexibility index (Phi) is 3.81. The second-order valence-corrected chi connectivity index (χ2v) is 4.82. The molecule has 1 aromatic heterocycles. The van der Waals surface area contributed by atoms with Gasteiger partial charge in [0.15, 0.2) is 0 Å². The van der Waals surface area contributed by atoms with Crippen molar-refractivity contribution in [2.45, 2.75) is 19.8 Å². The number of primary amides is 1. The van der Waals surface area contributed by atoms with E-state index in [9.17, 15) is 4.79 Å². The minimum Gasteiger partial charge on any atom is -0.365 e. The largest absolute Gasteiger partial charge is 0.365 e. The lowest BCUT2D eigenvalue weighted by atomic mass is 10.1. The molecule has 0 radical (unpaired) electrons. The quantitative estimate of drug-likeness (QED) is 0.944. The molecule has 5 heteroatoms. The molecule has 2 N–H and O–H groups in total. The van der Waals surface area contributed by atoms with Crippen LogP contribution in [0.25, 0.3) is 5.69 Å². The molecule has 0 spiro atoms. The van der Waals surface area contributed by atoms with Gasteiger partial charge in [-0.25, -0.2) is 4.98 Å². The van der Waals surface area contributed by atoms with E-state index >= 15 is 0 Å². The van der Waals surface area contributed by atoms with E-state index in [-0.39, 0.29) is 0 Å². The van der Waals surface area contributed by atoms with Crippen LogP contribution in [0.2, 0.25) is 0 Å². The smallest absolute Gasteiger partial charge is 0.251 e. The average molecular weight is 308 g/mol. The first-order valence-electron chi connectivity index (χ1n) is 5.76. The van der Waals surface area contributed by atoms with E-state index in [1.165, 1.54) is 0 Å². The van der Waals surface area contributed by atoms with Gasteiger partial charge < -0.3 is 10.3 Å². The van der Waals surface area contributed by atoms with Gasteiger partial charge in [-0.1, -0.05) is 13.0 Å². The summed E-state index contributed by atoms with van der Waals surface area (Å²) in [6.45, 7) is 2.09. The number of nitrogens with zero attached hydrogens (tertiary/aromatic N) is 2. The molecular formula is C13H14BrN3O. The van der Waals surface area contributed by atoms with Crippen molar-refractivity contribution < 1.29 is 4.79 Å². The highest BCUT2D eigenvalue weighted by molar-refractivity contribution is 9.10. The summed E-state index contributed by atoms with van der Waals surface area (Å²) in [6.07, 6.45) is 5.44. The van der Waals surface area contributed by atoms with Gasteiger partial charge in [-0.15, -0.1) is 0 Å². The van der Waals surface area contributed by atoms with E-state index in [0.717, 1.165) is 24.4 Å². The molecule has 1 aromatic carbocycles. The lowest BCUT2D eigenvalue weighted by Crippen LogP contribution is -2.16. The summed E-state index contributed by atoms with van der Waals surface area (Å²) >= 11 is 3.36. The number of carbonyl (C=O) groups is 1. The van der Waals surface area contributed by atoms with Crippen molar-refractivity contribution in [1.29, 1.82) is 0 Å². The van der Waals surface area contributed by atoms with Crippen LogP contribution in [0.3, 0.4) is 0 Å². The van der Waals surface area contributed by atoms with E-state index in [1.54, 1.807) is 12.3 Å². The van der Waals surface area contributed by atoms with E-state index in [0.29, 0.717) is 10.0 Å². The summed E-state index contributed by atoms with van der Waals surface area (Å²) in [7, 11) is 0. The van der Waals surface area contributed by atoms with Crippen molar-refractivity contribution in [2.24, 2.45) is 5.73 Å². The molecule has 18 heavy (non-hydrogen) atoms. The zero-order valence-electron chi connectivity index (χ0n) is 10.1. The Morgan fingerprint density at radius 2 is 2.28 bits per heavy atom. The minimum atomic E-state index is -0.450. The van der Waals surface area contributed by atoms with Crippen LogP contribution < -0.4 is 5.73 Å². The number of halogens is 1. The predicted molar refractivity (Wildman–Crippen MR) is 73.8 cm³/mol. The molecule has 0 bridgehead atoms. The number of benzene rings is 1. The predicted octanol–water partition coefficient (Wildman–Crippen LogP) is 2.69. The van der Waals surface area contributed by atoms with Crippen LogP contribution in [0.5, 0.6) is 0 Å². The molecule has 2 rings (SSSR count). The monoisotopic (exact) mass is 307 g/mol. The summed E-state index contributed by atoms with van der Waals surface area (Å²) in [4.78, 5) is 15.9. The zero-order valence-corrected chi connectivity index (χ0v) is 11.6. The minimum absolute atomic E-state index is 0.450. The molecule has 1 heterocycles. The van der Waals surface area contributed by atoms with Gasteiger partial charge in [0.2, 0.25) is 0 Å². The zero-order chi connectivity index (χ0) is 13.1. The average Bonchev–Trinajstić information content (AvgIpc) is 2.76. The number of imidazole rings is 1. The van der Waals surface area contributed by atoms with Crippen molar-refractivity contribution in [1.82, 2.24) is 9.55 Å². The van der Waals surface area contributed by atoms with Gasteiger partial charge in [-0.3, -0.25) is 4.79 Å². The van der Waals surface area contributed by atoms with Crippen LogP contribution in [-0.4, -0.2) is 15.5 Å². The number of nitrogens with two attached hydrogens (primary N) is 1. The standard InChI is InChI=1S/C13H14BrN3O/c1-2-4-11-16-7-8-17(11)10-6-3-5-9(14)12(10)13(15)18/h3,5-8H,2,4H2,1H3,(H2,15,18). The first-order valence-corrected chi connectivity index (χ1v) is 6.55. The Morgan fingerprint density at radius 3 is 2.94 bits per heavy atom. The number of aromatic nitrogens is 2. The summed E-state index contributed by atoms with van der Waals surface area (Å²) in [6, 6.07) is 5.55. The number of aryl methyl sites for hydroxylation is 1. The van der Waals surface area contributed by atoms with E-state index in [4.69, 9.17) is 5.73 Å². The third-order valence-corrected chi connectivity index (χ3v) is 3.35. The third kappa shape index (κ3) is 2.31. The normalized spacial score (nSPS) is 10.6. The Balaban J connectivity index is 2.60. The fourth-order valence-electron chi connectivity index (χ4n) is 1.92. The van der Waals surface area contributed by atoms with Crippen LogP contribution in [0.4, 0.5) is 0 Å². The fraction of sp³-hybridized carbons (Fsp3) is 0.231. The number of hydrogen-bond acceptors (Lipinski definition) is 2. The van der Waals surface area contributed by atoms with Crippen LogP contribution >= 0.6 is 15.9 Å². The van der Waals surface area contributed by atoms with Crippen LogP contribution in [0, 0.1) is 0 Å². The number of amides is 1. The van der Waals surface area contributed by atoms with Gasteiger partial charge in [0.25, 0.3) is 5.91 Å². The van der Waals surface area contributed by atoms with Crippen LogP contribution in [0.15, 0.2) is 35.1 Å². The topological polar surface area (TPSA) is 60.9 Å². The molecule has 94 valence electrons. The maximum atomic E-state index is 11.6. The van der Waals surface area contributed by atoms with Crippen LogP contribution in [-0.2, 0) is 6.42 Å². The van der Waals surface area contributed by atoms with E-state index < -0.39 is 5.91 Å². The molecule has 0 saturated heterocycles. The van der Waals surface area contributed by atoms with Crippen molar-refractivity contribution in [3.8, 4) is 5.69 Å². The van der Waals surface area contributed by atoms with Crippen molar-refractivity contribution in [3.63, 3.8) is 0 Å². The highest BCUT2D eigenvalue weighted by Crippen LogP contribution is 2.24. The second kappa shape index (κ2) is 5.35. The van der Waals surface area contributed by atoms with Gasteiger partial charge in [-0.2, -0.15) is 0 Å². The second-order valence-electron chi connectivity index (χ2n) is 3.96. The highest BCUT2D eigenvalue weighted by atomic mass is 79.9. The van der Waals surface area contributed by atoms with Gasteiger partial charge in [-0.05, 0) is 34.5 Å². The van der Waals surface area contributed by atoms with Gasteiger partial charge in [0.05, 0.1) is 11.3 Å². The van der Waals surface area contributed by atoms with Gasteiger partial charge in [0.1, 0.15) is 5.82 Å². The molecule has 0 aliphatic carbocycles. The molecule has 0 atom stereocenters. The van der Waals surface area contributed by atoms with Crippen molar-refractivity contribution in [2.75, 3.05) is 0 Å². The Labute approximate surface area is 114 Å². The summed E-state index contributed by atoms with van der Waals surface area (Å²) < 4.78 is 2.61. The van der Waals surface area contributed by atoms with Crippen LogP contribution in [0.1, 0.15) is 29.5 Å².